The molecule has 1 rings (SSSR count). The highest BCUT2D eigenvalue weighted by atomic mass is 16.6. The normalized spacial score (nSPS) is 20.3. The molecule has 1 N–H and O–H groups in total. The van der Waals surface area contributed by atoms with Crippen molar-refractivity contribution in [2.45, 2.75) is 58.1 Å². The van der Waals surface area contributed by atoms with E-state index >= 15 is 0 Å². The van der Waals surface area contributed by atoms with Crippen LogP contribution in [0.4, 0.5) is 0 Å². The van der Waals surface area contributed by atoms with Gasteiger partial charge in [0.1, 0.15) is 5.60 Å². The van der Waals surface area contributed by atoms with Crippen molar-refractivity contribution in [1.29, 1.82) is 0 Å². The molecule has 118 valence electrons. The Morgan fingerprint density at radius 3 is 2.75 bits per heavy atom. The Bertz CT molecular complexity index is 288. The van der Waals surface area contributed by atoms with E-state index in [0.29, 0.717) is 25.7 Å². The lowest BCUT2D eigenvalue weighted by Gasteiger charge is -2.22. The molecule has 0 radical (unpaired) electrons. The first-order valence-electron chi connectivity index (χ1n) is 7.57. The van der Waals surface area contributed by atoms with Crippen LogP contribution in [0.15, 0.2) is 0 Å². The first kappa shape index (κ1) is 17.4. The van der Waals surface area contributed by atoms with Gasteiger partial charge in [0, 0.05) is 19.2 Å². The summed E-state index contributed by atoms with van der Waals surface area (Å²) in [5, 5.41) is 9.21. The number of aliphatic hydroxyl groups is 1. The van der Waals surface area contributed by atoms with Crippen LogP contribution in [0.2, 0.25) is 0 Å². The van der Waals surface area contributed by atoms with Crippen LogP contribution in [-0.4, -0.2) is 60.5 Å². The van der Waals surface area contributed by atoms with Gasteiger partial charge in [0.25, 0.3) is 0 Å². The predicted octanol–water partition coefficient (Wildman–Crippen LogP) is 1.58. The van der Waals surface area contributed by atoms with Gasteiger partial charge in [-0.3, -0.25) is 9.69 Å². The minimum Gasteiger partial charge on any atom is -0.460 e. The number of likely N-dealkylation sites (tertiary alicyclic amines) is 1. The van der Waals surface area contributed by atoms with Crippen molar-refractivity contribution >= 4 is 5.97 Å². The summed E-state index contributed by atoms with van der Waals surface area (Å²) in [5.41, 5.74) is -0.424. The van der Waals surface area contributed by atoms with E-state index in [0.717, 1.165) is 25.9 Å². The van der Waals surface area contributed by atoms with E-state index in [9.17, 15) is 9.90 Å². The number of aliphatic hydroxyl groups excluding tert-OH is 1. The monoisotopic (exact) mass is 287 g/mol. The van der Waals surface area contributed by atoms with E-state index in [1.54, 1.807) is 0 Å². The lowest BCUT2D eigenvalue weighted by molar-refractivity contribution is -0.156. The molecule has 0 saturated carbocycles. The summed E-state index contributed by atoms with van der Waals surface area (Å²) < 4.78 is 10.7. The summed E-state index contributed by atoms with van der Waals surface area (Å²) in [5.74, 6) is -0.211. The molecule has 5 nitrogen and oxygen atoms in total. The molecule has 0 aliphatic carbocycles. The third-order valence-electron chi connectivity index (χ3n) is 3.31. The van der Waals surface area contributed by atoms with Crippen molar-refractivity contribution in [2.75, 3.05) is 32.9 Å². The van der Waals surface area contributed by atoms with E-state index in [2.05, 4.69) is 4.90 Å². The highest BCUT2D eigenvalue weighted by Gasteiger charge is 2.22. The molecule has 1 heterocycles. The fourth-order valence-corrected chi connectivity index (χ4v) is 2.42. The van der Waals surface area contributed by atoms with Crippen LogP contribution in [-0.2, 0) is 14.3 Å². The summed E-state index contributed by atoms with van der Waals surface area (Å²) in [7, 11) is 0. The number of carbonyl (C=O) groups excluding carboxylic acids is 1. The van der Waals surface area contributed by atoms with Gasteiger partial charge in [-0.1, -0.05) is 0 Å². The Kier molecular flexibility index (Phi) is 7.48. The highest BCUT2D eigenvalue weighted by Crippen LogP contribution is 2.16. The smallest absolute Gasteiger partial charge is 0.308 e. The summed E-state index contributed by atoms with van der Waals surface area (Å²) in [6.45, 7) is 8.92. The van der Waals surface area contributed by atoms with Crippen molar-refractivity contribution < 1.29 is 19.4 Å². The van der Waals surface area contributed by atoms with E-state index in [1.165, 1.54) is 6.42 Å². The SMILES string of the molecule is CC(C)(C)OC(=O)CCOCCCN1CCCC1CO. The molecule has 0 aromatic heterocycles. The predicted molar refractivity (Wildman–Crippen MR) is 77.6 cm³/mol. The largest absolute Gasteiger partial charge is 0.460 e. The van der Waals surface area contributed by atoms with Crippen molar-refractivity contribution in [1.82, 2.24) is 4.90 Å². The number of nitrogens with zero attached hydrogens (tertiary/aromatic N) is 1. The molecule has 1 fully saturated rings. The topological polar surface area (TPSA) is 59.0 Å². The molecule has 1 saturated heterocycles. The lowest BCUT2D eigenvalue weighted by Crippen LogP contribution is -2.33. The molecule has 1 atom stereocenters. The minimum absolute atomic E-state index is 0.211. The maximum absolute atomic E-state index is 11.4. The lowest BCUT2D eigenvalue weighted by atomic mass is 10.2. The van der Waals surface area contributed by atoms with Crippen LogP contribution in [0.5, 0.6) is 0 Å². The van der Waals surface area contributed by atoms with Crippen LogP contribution < -0.4 is 0 Å². The molecular weight excluding hydrogens is 258 g/mol. The van der Waals surface area contributed by atoms with Crippen molar-refractivity contribution in [3.8, 4) is 0 Å². The second-order valence-corrected chi connectivity index (χ2v) is 6.32. The zero-order valence-corrected chi connectivity index (χ0v) is 13.1. The molecule has 1 aliphatic heterocycles. The maximum Gasteiger partial charge on any atom is 0.308 e. The van der Waals surface area contributed by atoms with Crippen LogP contribution in [0.25, 0.3) is 0 Å². The van der Waals surface area contributed by atoms with Crippen molar-refractivity contribution in [2.24, 2.45) is 0 Å². The van der Waals surface area contributed by atoms with Gasteiger partial charge in [-0.15, -0.1) is 0 Å². The number of carbonyl (C=O) groups is 1. The molecule has 0 aromatic rings. The Labute approximate surface area is 122 Å². The Balaban J connectivity index is 1.98. The Morgan fingerprint density at radius 1 is 1.35 bits per heavy atom. The molecular formula is C15H29NO4. The van der Waals surface area contributed by atoms with Crippen LogP contribution in [0.1, 0.15) is 46.5 Å². The van der Waals surface area contributed by atoms with Crippen LogP contribution in [0, 0.1) is 0 Å². The standard InChI is InChI=1S/C15H29NO4/c1-15(2,3)20-14(18)7-11-19-10-5-9-16-8-4-6-13(16)12-17/h13,17H,4-12H2,1-3H3. The van der Waals surface area contributed by atoms with Crippen molar-refractivity contribution in [3.05, 3.63) is 0 Å². The number of rotatable bonds is 8. The Hall–Kier alpha value is -0.650. The Morgan fingerprint density at radius 2 is 2.10 bits per heavy atom. The first-order valence-corrected chi connectivity index (χ1v) is 7.57. The number of esters is 1. The molecule has 1 unspecified atom stereocenters. The third kappa shape index (κ3) is 7.22. The number of hydrogen-bond acceptors (Lipinski definition) is 5. The molecule has 0 bridgehead atoms. The average Bonchev–Trinajstić information content (AvgIpc) is 2.78. The van der Waals surface area contributed by atoms with Gasteiger partial charge in [-0.2, -0.15) is 0 Å². The highest BCUT2D eigenvalue weighted by molar-refractivity contribution is 5.69. The average molecular weight is 287 g/mol. The molecule has 0 amide bonds. The summed E-state index contributed by atoms with van der Waals surface area (Å²) in [4.78, 5) is 13.8. The van der Waals surface area contributed by atoms with Gasteiger partial charge in [0.15, 0.2) is 0 Å². The number of hydrogen-bond donors (Lipinski definition) is 1. The second kappa shape index (κ2) is 8.60. The van der Waals surface area contributed by atoms with E-state index in [-0.39, 0.29) is 12.6 Å². The zero-order chi connectivity index (χ0) is 15.0. The van der Waals surface area contributed by atoms with Gasteiger partial charge < -0.3 is 14.6 Å². The molecule has 0 spiro atoms. The fourth-order valence-electron chi connectivity index (χ4n) is 2.42. The second-order valence-electron chi connectivity index (χ2n) is 6.32. The minimum atomic E-state index is -0.424. The van der Waals surface area contributed by atoms with Gasteiger partial charge in [0.2, 0.25) is 0 Å². The van der Waals surface area contributed by atoms with Gasteiger partial charge in [0.05, 0.1) is 19.6 Å². The van der Waals surface area contributed by atoms with E-state index in [4.69, 9.17) is 9.47 Å². The zero-order valence-electron chi connectivity index (χ0n) is 13.1. The molecule has 1 aliphatic rings. The summed E-state index contributed by atoms with van der Waals surface area (Å²) >= 11 is 0. The van der Waals surface area contributed by atoms with E-state index < -0.39 is 5.60 Å². The molecule has 20 heavy (non-hydrogen) atoms. The van der Waals surface area contributed by atoms with Gasteiger partial charge in [-0.25, -0.2) is 0 Å². The third-order valence-corrected chi connectivity index (χ3v) is 3.31. The van der Waals surface area contributed by atoms with Gasteiger partial charge >= 0.3 is 5.97 Å². The van der Waals surface area contributed by atoms with Crippen LogP contribution in [0.3, 0.4) is 0 Å². The van der Waals surface area contributed by atoms with Crippen molar-refractivity contribution in [3.63, 3.8) is 0 Å². The fraction of sp³-hybridized carbons (Fsp3) is 0.933. The van der Waals surface area contributed by atoms with Gasteiger partial charge in [-0.05, 0) is 46.6 Å². The summed E-state index contributed by atoms with van der Waals surface area (Å²) in [6, 6.07) is 0.330. The number of ether oxygens (including phenoxy) is 2. The van der Waals surface area contributed by atoms with E-state index in [1.807, 2.05) is 20.8 Å². The molecule has 0 aromatic carbocycles. The first-order chi connectivity index (χ1) is 9.42. The molecule has 5 heteroatoms. The maximum atomic E-state index is 11.4. The summed E-state index contributed by atoms with van der Waals surface area (Å²) in [6.07, 6.45) is 3.51. The quantitative estimate of drug-likeness (QED) is 0.542. The van der Waals surface area contributed by atoms with Crippen LogP contribution >= 0.6 is 0 Å².